The number of halogens is 1. The van der Waals surface area contributed by atoms with Crippen LogP contribution in [-0.2, 0) is 14.4 Å². The molecule has 0 heterocycles. The number of hydrogen-bond acceptors (Lipinski definition) is 5. The molecule has 0 aliphatic carbocycles. The number of unbranched alkanes of at least 4 members (excludes halogenated alkanes) is 23. The Morgan fingerprint density at radius 1 is 0.509 bits per heavy atom. The number of carbonyl (C=O) groups is 3. The molecule has 55 heavy (non-hydrogen) atoms. The summed E-state index contributed by atoms with van der Waals surface area (Å²) in [5, 5.41) is 15.4. The lowest BCUT2D eigenvalue weighted by Gasteiger charge is -2.25. The van der Waals surface area contributed by atoms with E-state index in [2.05, 4.69) is 48.8 Å². The van der Waals surface area contributed by atoms with E-state index in [4.69, 9.17) is 5.73 Å². The normalized spacial score (nSPS) is 11.9. The molecule has 0 fully saturated rings. The van der Waals surface area contributed by atoms with E-state index in [0.717, 1.165) is 44.9 Å². The van der Waals surface area contributed by atoms with Crippen LogP contribution in [0.25, 0.3) is 0 Å². The van der Waals surface area contributed by atoms with Crippen LogP contribution in [0.5, 0.6) is 0 Å². The van der Waals surface area contributed by atoms with Crippen molar-refractivity contribution in [3.63, 3.8) is 0 Å². The maximum atomic E-state index is 12.7. The van der Waals surface area contributed by atoms with Crippen molar-refractivity contribution in [2.24, 2.45) is 5.73 Å². The second-order valence-electron chi connectivity index (χ2n) is 15.5. The van der Waals surface area contributed by atoms with Gasteiger partial charge in [0.05, 0.1) is 6.61 Å². The third kappa shape index (κ3) is 40.1. The molecule has 9 heteroatoms. The van der Waals surface area contributed by atoms with E-state index in [1.165, 1.54) is 135 Å². The maximum Gasteiger partial charge on any atom is 0.241 e. The molecule has 0 aromatic rings. The molecular formula is C46H89ClN4O4. The first-order valence-electron chi connectivity index (χ1n) is 22.9. The quantitative estimate of drug-likeness (QED) is 0.0362. The number of nitrogens with two attached hydrogens (primary N) is 1. The molecule has 0 aromatic heterocycles. The van der Waals surface area contributed by atoms with Gasteiger partial charge in [-0.3, -0.25) is 14.4 Å². The highest BCUT2D eigenvalue weighted by Crippen LogP contribution is 2.12. The van der Waals surface area contributed by atoms with Gasteiger partial charge < -0.3 is 26.4 Å². The van der Waals surface area contributed by atoms with E-state index in [1.807, 2.05) is 0 Å². The van der Waals surface area contributed by atoms with E-state index in [1.54, 1.807) is 4.90 Å². The van der Waals surface area contributed by atoms with Gasteiger partial charge in [-0.1, -0.05) is 141 Å². The van der Waals surface area contributed by atoms with Gasteiger partial charge in [0, 0.05) is 39.0 Å². The van der Waals surface area contributed by atoms with Gasteiger partial charge in [0.15, 0.2) is 0 Å². The zero-order valence-corrected chi connectivity index (χ0v) is 36.8. The van der Waals surface area contributed by atoms with Crippen LogP contribution >= 0.6 is 12.4 Å². The van der Waals surface area contributed by atoms with E-state index in [0.29, 0.717) is 45.4 Å². The van der Waals surface area contributed by atoms with Gasteiger partial charge in [-0.25, -0.2) is 0 Å². The fourth-order valence-electron chi connectivity index (χ4n) is 6.69. The summed E-state index contributed by atoms with van der Waals surface area (Å²) in [6.45, 7) is 6.21. The number of carbonyl (C=O) groups excluding carboxylic acids is 3. The van der Waals surface area contributed by atoms with Crippen LogP contribution in [0.15, 0.2) is 24.3 Å². The van der Waals surface area contributed by atoms with Gasteiger partial charge in [0.2, 0.25) is 17.7 Å². The molecule has 0 aliphatic heterocycles. The predicted molar refractivity (Wildman–Crippen MR) is 238 cm³/mol. The summed E-state index contributed by atoms with van der Waals surface area (Å²) >= 11 is 0. The molecule has 1 atom stereocenters. The van der Waals surface area contributed by atoms with Crippen LogP contribution in [0, 0.1) is 0 Å². The summed E-state index contributed by atoms with van der Waals surface area (Å²) in [7, 11) is 0. The minimum absolute atomic E-state index is 0. The lowest BCUT2D eigenvalue weighted by atomic mass is 10.1. The van der Waals surface area contributed by atoms with Crippen molar-refractivity contribution in [1.82, 2.24) is 15.5 Å². The third-order valence-corrected chi connectivity index (χ3v) is 10.3. The highest BCUT2D eigenvalue weighted by atomic mass is 35.5. The average Bonchev–Trinajstić information content (AvgIpc) is 3.17. The van der Waals surface area contributed by atoms with Crippen molar-refractivity contribution < 1.29 is 19.5 Å². The Kier molecular flexibility index (Phi) is 45.0. The summed E-state index contributed by atoms with van der Waals surface area (Å²) in [6.07, 6.45) is 44.9. The van der Waals surface area contributed by atoms with E-state index in [9.17, 15) is 19.5 Å². The van der Waals surface area contributed by atoms with Crippen LogP contribution in [0.1, 0.15) is 213 Å². The molecule has 0 radical (unpaired) electrons. The minimum atomic E-state index is -0.938. The Balaban J connectivity index is 0. The molecule has 0 unspecified atom stereocenters. The van der Waals surface area contributed by atoms with Gasteiger partial charge in [-0.15, -0.1) is 12.4 Å². The molecular weight excluding hydrogens is 708 g/mol. The fraction of sp³-hybridized carbons (Fsp3) is 0.848. The zero-order valence-electron chi connectivity index (χ0n) is 35.9. The Labute approximate surface area is 345 Å². The van der Waals surface area contributed by atoms with E-state index < -0.39 is 12.6 Å². The Hall–Kier alpha value is -1.90. The predicted octanol–water partition coefficient (Wildman–Crippen LogP) is 11.0. The number of aliphatic hydroxyl groups is 1. The van der Waals surface area contributed by atoms with Crippen LogP contribution < -0.4 is 16.4 Å². The second-order valence-corrected chi connectivity index (χ2v) is 15.5. The fourth-order valence-corrected chi connectivity index (χ4v) is 6.69. The van der Waals surface area contributed by atoms with Gasteiger partial charge in [-0.2, -0.15) is 0 Å². The van der Waals surface area contributed by atoms with Crippen molar-refractivity contribution in [2.45, 2.75) is 219 Å². The Bertz CT molecular complexity index is 916. The number of nitrogens with one attached hydrogen (secondary N) is 2. The summed E-state index contributed by atoms with van der Waals surface area (Å²) in [4.78, 5) is 39.0. The first kappa shape index (κ1) is 55.2. The SMILES string of the molecule is CCCCCCCC/C=C\CCCCCCCC(=O)NCCCCN(CCCNC(=O)CCCCCCC/C=C\CCCCCCCC)C(=O)[C@@H](N)CO.Cl. The molecule has 324 valence electrons. The Morgan fingerprint density at radius 2 is 0.855 bits per heavy atom. The number of rotatable bonds is 41. The number of nitrogens with zero attached hydrogens (tertiary/aromatic N) is 1. The molecule has 0 saturated carbocycles. The highest BCUT2D eigenvalue weighted by molar-refractivity contribution is 5.85. The lowest BCUT2D eigenvalue weighted by Crippen LogP contribution is -2.47. The largest absolute Gasteiger partial charge is 0.394 e. The average molecular weight is 798 g/mol. The van der Waals surface area contributed by atoms with Gasteiger partial charge in [0.25, 0.3) is 0 Å². The van der Waals surface area contributed by atoms with Crippen LogP contribution in [0.2, 0.25) is 0 Å². The topological polar surface area (TPSA) is 125 Å². The molecule has 0 aromatic carbocycles. The smallest absolute Gasteiger partial charge is 0.241 e. The third-order valence-electron chi connectivity index (χ3n) is 10.3. The van der Waals surface area contributed by atoms with Crippen LogP contribution in [0.3, 0.4) is 0 Å². The summed E-state index contributed by atoms with van der Waals surface area (Å²) in [5.41, 5.74) is 5.84. The molecule has 3 amide bonds. The zero-order chi connectivity index (χ0) is 39.6. The van der Waals surface area contributed by atoms with Gasteiger partial charge >= 0.3 is 0 Å². The number of hydrogen-bond donors (Lipinski definition) is 4. The molecule has 0 rings (SSSR count). The monoisotopic (exact) mass is 797 g/mol. The Morgan fingerprint density at radius 3 is 1.25 bits per heavy atom. The van der Waals surface area contributed by atoms with Crippen molar-refractivity contribution >= 4 is 30.1 Å². The first-order valence-corrected chi connectivity index (χ1v) is 22.9. The standard InChI is InChI=1S/C46H88N4O4.ClH/c1-3-5-7-9-11-13-15-17-19-21-23-25-27-29-31-36-44(52)48-38-33-34-40-50(46(54)43(47)42-51)41-35-39-49-45(53)37-32-30-28-26-24-22-20-18-16-14-12-10-8-6-4-2;/h17-20,43,51H,3-16,21-42,47H2,1-2H3,(H,48,52)(H,49,53);1H/b19-17-,20-18-;/t43-;/m0./s1. The summed E-state index contributed by atoms with van der Waals surface area (Å²) in [5.74, 6) is -0.110. The maximum absolute atomic E-state index is 12.7. The van der Waals surface area contributed by atoms with Crippen molar-refractivity contribution in [1.29, 1.82) is 0 Å². The number of allylic oxidation sites excluding steroid dienone is 4. The molecule has 0 spiro atoms. The van der Waals surface area contributed by atoms with Crippen molar-refractivity contribution in [3.8, 4) is 0 Å². The first-order chi connectivity index (χ1) is 26.5. The van der Waals surface area contributed by atoms with Gasteiger partial charge in [0.1, 0.15) is 6.04 Å². The number of aliphatic hydroxyl groups excluding tert-OH is 1. The summed E-state index contributed by atoms with van der Waals surface area (Å²) < 4.78 is 0. The molecule has 8 nitrogen and oxygen atoms in total. The minimum Gasteiger partial charge on any atom is -0.394 e. The lowest BCUT2D eigenvalue weighted by molar-refractivity contribution is -0.133. The summed E-state index contributed by atoms with van der Waals surface area (Å²) in [6, 6.07) is -0.938. The van der Waals surface area contributed by atoms with Crippen molar-refractivity contribution in [2.75, 3.05) is 32.8 Å². The number of amides is 3. The van der Waals surface area contributed by atoms with Crippen LogP contribution in [-0.4, -0.2) is 66.6 Å². The highest BCUT2D eigenvalue weighted by Gasteiger charge is 2.19. The van der Waals surface area contributed by atoms with Crippen molar-refractivity contribution in [3.05, 3.63) is 24.3 Å². The second kappa shape index (κ2) is 44.8. The van der Waals surface area contributed by atoms with Crippen LogP contribution in [0.4, 0.5) is 0 Å². The molecule has 0 saturated heterocycles. The van der Waals surface area contributed by atoms with E-state index >= 15 is 0 Å². The molecule has 0 bridgehead atoms. The molecule has 0 aliphatic rings. The van der Waals surface area contributed by atoms with E-state index in [-0.39, 0.29) is 30.1 Å². The molecule has 5 N–H and O–H groups in total. The van der Waals surface area contributed by atoms with Gasteiger partial charge in [-0.05, 0) is 83.5 Å².